The van der Waals surface area contributed by atoms with Gasteiger partial charge in [0.05, 0.1) is 17.3 Å². The molecule has 0 aromatic carbocycles. The van der Waals surface area contributed by atoms with Crippen LogP contribution in [0.1, 0.15) is 32.0 Å². The van der Waals surface area contributed by atoms with Crippen LogP contribution in [-0.2, 0) is 21.2 Å². The van der Waals surface area contributed by atoms with E-state index in [-0.39, 0.29) is 29.1 Å². The molecule has 1 fully saturated rings. The Labute approximate surface area is 128 Å². The third-order valence-corrected chi connectivity index (χ3v) is 6.14. The van der Waals surface area contributed by atoms with Gasteiger partial charge in [-0.2, -0.15) is 0 Å². The molecule has 0 radical (unpaired) electrons. The summed E-state index contributed by atoms with van der Waals surface area (Å²) in [6.07, 6.45) is 0.640. The first-order chi connectivity index (χ1) is 9.78. The van der Waals surface area contributed by atoms with Gasteiger partial charge in [-0.15, -0.1) is 10.2 Å². The van der Waals surface area contributed by atoms with Crippen LogP contribution in [-0.4, -0.2) is 51.5 Å². The second kappa shape index (κ2) is 6.35. The van der Waals surface area contributed by atoms with Crippen LogP contribution in [0, 0.1) is 5.92 Å². The highest BCUT2D eigenvalue weighted by atomic mass is 32.2. The van der Waals surface area contributed by atoms with E-state index in [0.29, 0.717) is 18.1 Å². The molecule has 1 aromatic rings. The Morgan fingerprint density at radius 3 is 2.71 bits per heavy atom. The van der Waals surface area contributed by atoms with Gasteiger partial charge in [-0.1, -0.05) is 25.6 Å². The molecule has 1 saturated heterocycles. The third kappa shape index (κ3) is 4.19. The Kier molecular flexibility index (Phi) is 4.92. The highest BCUT2D eigenvalue weighted by Gasteiger charge is 2.30. The summed E-state index contributed by atoms with van der Waals surface area (Å²) in [6, 6.07) is 0. The highest BCUT2D eigenvalue weighted by Crippen LogP contribution is 2.26. The molecule has 1 aliphatic rings. The van der Waals surface area contributed by atoms with Gasteiger partial charge in [-0.3, -0.25) is 4.79 Å². The van der Waals surface area contributed by atoms with Crippen molar-refractivity contribution in [2.24, 2.45) is 5.92 Å². The second-order valence-electron chi connectivity index (χ2n) is 5.56. The lowest BCUT2D eigenvalue weighted by molar-refractivity contribution is -0.133. The molecule has 2 rings (SSSR count). The zero-order chi connectivity index (χ0) is 15.6. The molecule has 1 atom stereocenters. The SMILES string of the molecule is CC(C)c1nnc(SCC(=O)O)n1CC1CCS(=O)(=O)C1. The summed E-state index contributed by atoms with van der Waals surface area (Å²) in [5, 5.41) is 17.5. The monoisotopic (exact) mass is 333 g/mol. The lowest BCUT2D eigenvalue weighted by Crippen LogP contribution is -2.16. The predicted octanol–water partition coefficient (Wildman–Crippen LogP) is 1.01. The summed E-state index contributed by atoms with van der Waals surface area (Å²) in [6.45, 7) is 4.50. The molecule has 0 aliphatic carbocycles. The van der Waals surface area contributed by atoms with E-state index in [0.717, 1.165) is 17.6 Å². The molecular weight excluding hydrogens is 314 g/mol. The topological polar surface area (TPSA) is 102 Å². The maximum atomic E-state index is 11.6. The van der Waals surface area contributed by atoms with Gasteiger partial charge in [0.15, 0.2) is 15.0 Å². The number of thioether (sulfide) groups is 1. The van der Waals surface area contributed by atoms with Crippen LogP contribution in [0.2, 0.25) is 0 Å². The molecular formula is C12H19N3O4S2. The van der Waals surface area contributed by atoms with Crippen LogP contribution >= 0.6 is 11.8 Å². The number of nitrogens with zero attached hydrogens (tertiary/aromatic N) is 3. The number of hydrogen-bond acceptors (Lipinski definition) is 6. The average molecular weight is 333 g/mol. The van der Waals surface area contributed by atoms with E-state index >= 15 is 0 Å². The summed E-state index contributed by atoms with van der Waals surface area (Å²) < 4.78 is 25.0. The maximum absolute atomic E-state index is 11.6. The van der Waals surface area contributed by atoms with Crippen molar-refractivity contribution in [1.82, 2.24) is 14.8 Å². The largest absolute Gasteiger partial charge is 0.481 e. The van der Waals surface area contributed by atoms with Gasteiger partial charge < -0.3 is 9.67 Å². The second-order valence-corrected chi connectivity index (χ2v) is 8.73. The number of rotatable bonds is 6. The van der Waals surface area contributed by atoms with Gasteiger partial charge in [-0.25, -0.2) is 8.42 Å². The molecule has 1 aromatic heterocycles. The minimum Gasteiger partial charge on any atom is -0.481 e. The van der Waals surface area contributed by atoms with Gasteiger partial charge in [0, 0.05) is 12.5 Å². The quantitative estimate of drug-likeness (QED) is 0.775. The normalized spacial score (nSPS) is 21.0. The van der Waals surface area contributed by atoms with Crippen LogP contribution in [0.15, 0.2) is 5.16 Å². The van der Waals surface area contributed by atoms with Gasteiger partial charge in [0.1, 0.15) is 5.82 Å². The van der Waals surface area contributed by atoms with Gasteiger partial charge in [0.25, 0.3) is 0 Å². The molecule has 0 saturated carbocycles. The molecule has 7 nitrogen and oxygen atoms in total. The molecule has 0 spiro atoms. The Morgan fingerprint density at radius 1 is 1.48 bits per heavy atom. The predicted molar refractivity (Wildman–Crippen MR) is 79.2 cm³/mol. The molecule has 0 amide bonds. The Balaban J connectivity index is 2.18. The fourth-order valence-corrected chi connectivity index (χ4v) is 4.93. The number of aromatic nitrogens is 3. The van der Waals surface area contributed by atoms with E-state index in [1.54, 1.807) is 0 Å². The van der Waals surface area contributed by atoms with Crippen LogP contribution in [0.25, 0.3) is 0 Å². The van der Waals surface area contributed by atoms with E-state index in [1.165, 1.54) is 0 Å². The number of carboxylic acid groups (broad SMARTS) is 1. The molecule has 1 unspecified atom stereocenters. The van der Waals surface area contributed by atoms with Gasteiger partial charge in [0.2, 0.25) is 0 Å². The van der Waals surface area contributed by atoms with Crippen LogP contribution in [0.5, 0.6) is 0 Å². The van der Waals surface area contributed by atoms with E-state index in [4.69, 9.17) is 5.11 Å². The molecule has 1 aliphatic heterocycles. The van der Waals surface area contributed by atoms with Gasteiger partial charge >= 0.3 is 5.97 Å². The van der Waals surface area contributed by atoms with E-state index in [2.05, 4.69) is 10.2 Å². The third-order valence-electron chi connectivity index (χ3n) is 3.35. The first-order valence-corrected chi connectivity index (χ1v) is 9.57. The lowest BCUT2D eigenvalue weighted by Gasteiger charge is -2.15. The fourth-order valence-electron chi connectivity index (χ4n) is 2.41. The zero-order valence-corrected chi connectivity index (χ0v) is 13.7. The van der Waals surface area contributed by atoms with Crippen molar-refractivity contribution < 1.29 is 18.3 Å². The number of sulfone groups is 1. The zero-order valence-electron chi connectivity index (χ0n) is 12.0. The Morgan fingerprint density at radius 2 is 2.19 bits per heavy atom. The summed E-state index contributed by atoms with van der Waals surface area (Å²) >= 11 is 1.12. The summed E-state index contributed by atoms with van der Waals surface area (Å²) in [5.41, 5.74) is 0. The molecule has 118 valence electrons. The number of carbonyl (C=O) groups is 1. The smallest absolute Gasteiger partial charge is 0.313 e. The molecule has 0 bridgehead atoms. The van der Waals surface area contributed by atoms with Crippen molar-refractivity contribution in [3.05, 3.63) is 5.82 Å². The van der Waals surface area contributed by atoms with Crippen molar-refractivity contribution in [2.75, 3.05) is 17.3 Å². The minimum absolute atomic E-state index is 0.0488. The summed E-state index contributed by atoms with van der Waals surface area (Å²) in [7, 11) is -2.93. The highest BCUT2D eigenvalue weighted by molar-refractivity contribution is 7.99. The number of hydrogen-bond donors (Lipinski definition) is 1. The first kappa shape index (κ1) is 16.3. The molecule has 2 heterocycles. The molecule has 1 N–H and O–H groups in total. The Bertz CT molecular complexity index is 624. The van der Waals surface area contributed by atoms with E-state index in [9.17, 15) is 13.2 Å². The first-order valence-electron chi connectivity index (χ1n) is 6.76. The van der Waals surface area contributed by atoms with E-state index in [1.807, 2.05) is 18.4 Å². The van der Waals surface area contributed by atoms with Crippen molar-refractivity contribution in [3.63, 3.8) is 0 Å². The summed E-state index contributed by atoms with van der Waals surface area (Å²) in [4.78, 5) is 10.7. The minimum atomic E-state index is -2.93. The van der Waals surface area contributed by atoms with Gasteiger partial charge in [-0.05, 0) is 12.3 Å². The lowest BCUT2D eigenvalue weighted by atomic mass is 10.1. The van der Waals surface area contributed by atoms with E-state index < -0.39 is 15.8 Å². The molecule has 9 heteroatoms. The van der Waals surface area contributed by atoms with Crippen LogP contribution in [0.3, 0.4) is 0 Å². The number of aliphatic carboxylic acids is 1. The summed E-state index contributed by atoms with van der Waals surface area (Å²) in [5.74, 6) is 0.387. The maximum Gasteiger partial charge on any atom is 0.313 e. The molecule has 21 heavy (non-hydrogen) atoms. The van der Waals surface area contributed by atoms with Crippen LogP contribution < -0.4 is 0 Å². The fraction of sp³-hybridized carbons (Fsp3) is 0.750. The van der Waals surface area contributed by atoms with Crippen molar-refractivity contribution in [2.45, 2.75) is 37.9 Å². The van der Waals surface area contributed by atoms with Crippen molar-refractivity contribution >= 4 is 27.6 Å². The number of carboxylic acids is 1. The van der Waals surface area contributed by atoms with Crippen LogP contribution in [0.4, 0.5) is 0 Å². The standard InChI is InChI=1S/C12H19N3O4S2/c1-8(2)11-13-14-12(20-6-10(16)17)15(11)5-9-3-4-21(18,19)7-9/h8-9H,3-7H2,1-2H3,(H,16,17). The average Bonchev–Trinajstić information content (AvgIpc) is 2.91. The van der Waals surface area contributed by atoms with Crippen molar-refractivity contribution in [3.8, 4) is 0 Å². The Hall–Kier alpha value is -1.09. The van der Waals surface area contributed by atoms with Crippen molar-refractivity contribution in [1.29, 1.82) is 0 Å².